The van der Waals surface area contributed by atoms with Crippen LogP contribution in [0.25, 0.3) is 0 Å². The van der Waals surface area contributed by atoms with Gasteiger partial charge in [-0.05, 0) is 18.4 Å². The highest BCUT2D eigenvalue weighted by molar-refractivity contribution is 5.20. The monoisotopic (exact) mass is 202 g/mol. The lowest BCUT2D eigenvalue weighted by Gasteiger charge is -2.19. The summed E-state index contributed by atoms with van der Waals surface area (Å²) < 4.78 is 6.03. The normalized spacial score (nSPS) is 18.9. The van der Waals surface area contributed by atoms with E-state index in [9.17, 15) is 0 Å². The molecule has 1 aromatic carbocycles. The topological polar surface area (TPSA) is 9.23 Å². The van der Waals surface area contributed by atoms with Crippen LogP contribution in [-0.2, 0) is 4.74 Å². The molecule has 1 aromatic rings. The van der Waals surface area contributed by atoms with Gasteiger partial charge in [-0.25, -0.2) is 0 Å². The summed E-state index contributed by atoms with van der Waals surface area (Å²) in [5, 5.41) is 0. The third-order valence-corrected chi connectivity index (χ3v) is 2.98. The van der Waals surface area contributed by atoms with Gasteiger partial charge in [0, 0.05) is 0 Å². The second-order valence-corrected chi connectivity index (χ2v) is 4.11. The highest BCUT2D eigenvalue weighted by atomic mass is 16.5. The van der Waals surface area contributed by atoms with Crippen molar-refractivity contribution in [3.8, 4) is 0 Å². The first kappa shape index (κ1) is 10.4. The van der Waals surface area contributed by atoms with Crippen LogP contribution in [0.5, 0.6) is 0 Å². The van der Waals surface area contributed by atoms with Crippen molar-refractivity contribution in [3.63, 3.8) is 0 Å². The van der Waals surface area contributed by atoms with Crippen LogP contribution in [0.2, 0.25) is 0 Å². The third-order valence-electron chi connectivity index (χ3n) is 2.98. The van der Waals surface area contributed by atoms with Crippen LogP contribution in [0, 0.1) is 0 Å². The maximum absolute atomic E-state index is 6.03. The number of hydrogen-bond acceptors (Lipinski definition) is 1. The largest absolute Gasteiger partial charge is 0.366 e. The Morgan fingerprint density at radius 3 is 2.47 bits per heavy atom. The smallest absolute Gasteiger partial charge is 0.101 e. The first-order chi connectivity index (χ1) is 7.40. The maximum atomic E-state index is 6.03. The number of rotatable bonds is 4. The van der Waals surface area contributed by atoms with E-state index in [1.165, 1.54) is 31.2 Å². The lowest BCUT2D eigenvalue weighted by atomic mass is 10.1. The van der Waals surface area contributed by atoms with Crippen LogP contribution in [0.1, 0.15) is 37.4 Å². The molecule has 0 unspecified atom stereocenters. The van der Waals surface area contributed by atoms with Gasteiger partial charge in [-0.2, -0.15) is 0 Å². The van der Waals surface area contributed by atoms with E-state index >= 15 is 0 Å². The fourth-order valence-electron chi connectivity index (χ4n) is 2.14. The lowest BCUT2D eigenvalue weighted by molar-refractivity contribution is 0.0170. The summed E-state index contributed by atoms with van der Waals surface area (Å²) in [6, 6.07) is 10.3. The van der Waals surface area contributed by atoms with Crippen molar-refractivity contribution >= 4 is 0 Å². The van der Waals surface area contributed by atoms with Gasteiger partial charge in [0.2, 0.25) is 0 Å². The Hall–Kier alpha value is -1.08. The van der Waals surface area contributed by atoms with Gasteiger partial charge in [0.15, 0.2) is 0 Å². The Labute approximate surface area is 91.8 Å². The van der Waals surface area contributed by atoms with Crippen LogP contribution in [0.4, 0.5) is 0 Å². The molecule has 15 heavy (non-hydrogen) atoms. The lowest BCUT2D eigenvalue weighted by Crippen LogP contribution is -2.11. The molecule has 0 aliphatic heterocycles. The van der Waals surface area contributed by atoms with E-state index in [1.807, 2.05) is 24.3 Å². The van der Waals surface area contributed by atoms with Gasteiger partial charge in [-0.15, -0.1) is 6.58 Å². The van der Waals surface area contributed by atoms with Crippen molar-refractivity contribution in [2.45, 2.75) is 37.9 Å². The molecule has 1 saturated carbocycles. The number of ether oxygens (including phenoxy) is 1. The first-order valence-corrected chi connectivity index (χ1v) is 5.73. The first-order valence-electron chi connectivity index (χ1n) is 5.73. The predicted molar refractivity (Wildman–Crippen MR) is 62.7 cm³/mol. The van der Waals surface area contributed by atoms with Gasteiger partial charge >= 0.3 is 0 Å². The molecule has 0 bridgehead atoms. The molecular formula is C14H18O. The molecule has 0 radical (unpaired) electrons. The van der Waals surface area contributed by atoms with E-state index in [0.29, 0.717) is 6.10 Å². The van der Waals surface area contributed by atoms with Crippen LogP contribution in [0.3, 0.4) is 0 Å². The molecule has 1 atom stereocenters. The van der Waals surface area contributed by atoms with Crippen LogP contribution in [0.15, 0.2) is 43.0 Å². The minimum atomic E-state index is 0.0642. The molecular weight excluding hydrogens is 184 g/mol. The standard InChI is InChI=1S/C14H18O/c1-2-14(12-8-4-3-5-9-12)15-13-10-6-7-11-13/h2-5,8-9,13-14H,1,6-7,10-11H2/t14-/m1/s1. The Balaban J connectivity index is 2.01. The fraction of sp³-hybridized carbons (Fsp3) is 0.429. The molecule has 0 heterocycles. The number of benzene rings is 1. The van der Waals surface area contributed by atoms with Gasteiger partial charge in [0.1, 0.15) is 6.10 Å². The van der Waals surface area contributed by atoms with Crippen LogP contribution in [-0.4, -0.2) is 6.10 Å². The average Bonchev–Trinajstić information content (AvgIpc) is 2.80. The van der Waals surface area contributed by atoms with E-state index in [4.69, 9.17) is 4.74 Å². The maximum Gasteiger partial charge on any atom is 0.101 e. The summed E-state index contributed by atoms with van der Waals surface area (Å²) in [6.45, 7) is 3.85. The minimum absolute atomic E-state index is 0.0642. The van der Waals surface area contributed by atoms with Gasteiger partial charge in [0.05, 0.1) is 6.10 Å². The van der Waals surface area contributed by atoms with E-state index < -0.39 is 0 Å². The molecule has 1 fully saturated rings. The predicted octanol–water partition coefficient (Wildman–Crippen LogP) is 3.87. The van der Waals surface area contributed by atoms with Crippen molar-refractivity contribution in [1.29, 1.82) is 0 Å². The SMILES string of the molecule is C=C[C@@H](OC1CCCC1)c1ccccc1. The molecule has 2 rings (SSSR count). The second-order valence-electron chi connectivity index (χ2n) is 4.11. The van der Waals surface area contributed by atoms with Crippen LogP contribution < -0.4 is 0 Å². The van der Waals surface area contributed by atoms with Crippen molar-refractivity contribution in [2.75, 3.05) is 0 Å². The molecule has 1 heteroatoms. The molecule has 80 valence electrons. The van der Waals surface area contributed by atoms with Gasteiger partial charge in [-0.3, -0.25) is 0 Å². The highest BCUT2D eigenvalue weighted by Gasteiger charge is 2.19. The van der Waals surface area contributed by atoms with Crippen molar-refractivity contribution in [3.05, 3.63) is 48.6 Å². The zero-order valence-electron chi connectivity index (χ0n) is 9.06. The fourth-order valence-corrected chi connectivity index (χ4v) is 2.14. The molecule has 0 spiro atoms. The Morgan fingerprint density at radius 2 is 1.87 bits per heavy atom. The van der Waals surface area contributed by atoms with Crippen molar-refractivity contribution in [1.82, 2.24) is 0 Å². The van der Waals surface area contributed by atoms with Crippen LogP contribution >= 0.6 is 0 Å². The third kappa shape index (κ3) is 2.69. The zero-order chi connectivity index (χ0) is 10.5. The van der Waals surface area contributed by atoms with Crippen molar-refractivity contribution in [2.24, 2.45) is 0 Å². The second kappa shape index (κ2) is 5.13. The molecule has 1 aliphatic rings. The zero-order valence-corrected chi connectivity index (χ0v) is 9.06. The summed E-state index contributed by atoms with van der Waals surface area (Å²) in [6.07, 6.45) is 7.43. The molecule has 0 N–H and O–H groups in total. The number of hydrogen-bond donors (Lipinski definition) is 0. The Bertz CT molecular complexity index is 298. The van der Waals surface area contributed by atoms with E-state index in [-0.39, 0.29) is 6.10 Å². The van der Waals surface area contributed by atoms with E-state index in [2.05, 4.69) is 18.7 Å². The average molecular weight is 202 g/mol. The quantitative estimate of drug-likeness (QED) is 0.673. The molecule has 0 saturated heterocycles. The van der Waals surface area contributed by atoms with E-state index in [1.54, 1.807) is 0 Å². The molecule has 0 amide bonds. The summed E-state index contributed by atoms with van der Waals surface area (Å²) in [7, 11) is 0. The summed E-state index contributed by atoms with van der Waals surface area (Å²) in [5.74, 6) is 0. The Morgan fingerprint density at radius 1 is 1.20 bits per heavy atom. The van der Waals surface area contributed by atoms with E-state index in [0.717, 1.165) is 0 Å². The van der Waals surface area contributed by atoms with Crippen molar-refractivity contribution < 1.29 is 4.74 Å². The molecule has 0 aromatic heterocycles. The minimum Gasteiger partial charge on any atom is -0.366 e. The summed E-state index contributed by atoms with van der Waals surface area (Å²) >= 11 is 0. The summed E-state index contributed by atoms with van der Waals surface area (Å²) in [4.78, 5) is 0. The Kier molecular flexibility index (Phi) is 3.57. The summed E-state index contributed by atoms with van der Waals surface area (Å²) in [5.41, 5.74) is 1.21. The highest BCUT2D eigenvalue weighted by Crippen LogP contribution is 2.28. The van der Waals surface area contributed by atoms with Gasteiger partial charge in [0.25, 0.3) is 0 Å². The molecule has 1 nitrogen and oxygen atoms in total. The van der Waals surface area contributed by atoms with Gasteiger partial charge in [-0.1, -0.05) is 49.2 Å². The molecule has 1 aliphatic carbocycles. The van der Waals surface area contributed by atoms with Gasteiger partial charge < -0.3 is 4.74 Å².